The van der Waals surface area contributed by atoms with Crippen molar-refractivity contribution in [3.63, 3.8) is 0 Å². The zero-order chi connectivity index (χ0) is 23.6. The highest BCUT2D eigenvalue weighted by Gasteiger charge is 2.39. The lowest BCUT2D eigenvalue weighted by atomic mass is 10.2. The van der Waals surface area contributed by atoms with E-state index < -0.39 is 31.7 Å². The molecule has 176 valence electrons. The third-order valence-electron chi connectivity index (χ3n) is 5.26. The van der Waals surface area contributed by atoms with Crippen LogP contribution in [0, 0.1) is 5.82 Å². The van der Waals surface area contributed by atoms with E-state index in [4.69, 9.17) is 9.15 Å². The summed E-state index contributed by atoms with van der Waals surface area (Å²) in [6.45, 7) is -0.175. The summed E-state index contributed by atoms with van der Waals surface area (Å²) < 4.78 is 77.1. The van der Waals surface area contributed by atoms with E-state index in [1.165, 1.54) is 31.0 Å². The molecule has 0 bridgehead atoms. The summed E-state index contributed by atoms with van der Waals surface area (Å²) in [7, 11) is -6.31. The lowest BCUT2D eigenvalue weighted by molar-refractivity contribution is 0.295. The van der Waals surface area contributed by atoms with Gasteiger partial charge in [0.15, 0.2) is 26.5 Å². The molecule has 0 unspecified atom stereocenters. The van der Waals surface area contributed by atoms with Crippen molar-refractivity contribution >= 4 is 31.6 Å². The molecule has 2 heterocycles. The normalized spacial score (nSPS) is 18.0. The second-order valence-corrected chi connectivity index (χ2v) is 12.7. The standard InChI is InChI=1S/C22H22FNO6S3/c1-29-21-9-8-19(13-20(21)23)33(27,28)24(16-11-12-32(25,26)15-16)14-17-7-10-22(30-17)31-18-5-3-2-4-6-18/h2-10,13,16H,11-12,14-15H2,1H3/t16-/m1/s1. The van der Waals surface area contributed by atoms with Crippen LogP contribution in [-0.2, 0) is 26.4 Å². The maximum Gasteiger partial charge on any atom is 0.243 e. The van der Waals surface area contributed by atoms with Gasteiger partial charge < -0.3 is 9.15 Å². The number of hydrogen-bond acceptors (Lipinski definition) is 7. The number of rotatable bonds is 8. The van der Waals surface area contributed by atoms with Gasteiger partial charge in [-0.05, 0) is 48.9 Å². The van der Waals surface area contributed by atoms with E-state index in [0.29, 0.717) is 10.9 Å². The smallest absolute Gasteiger partial charge is 0.243 e. The lowest BCUT2D eigenvalue weighted by Crippen LogP contribution is -2.40. The number of sulfonamides is 1. The molecule has 0 N–H and O–H groups in total. The van der Waals surface area contributed by atoms with Crippen molar-refractivity contribution in [2.75, 3.05) is 18.6 Å². The van der Waals surface area contributed by atoms with Gasteiger partial charge in [-0.15, -0.1) is 0 Å². The van der Waals surface area contributed by atoms with E-state index in [0.717, 1.165) is 15.3 Å². The monoisotopic (exact) mass is 511 g/mol. The van der Waals surface area contributed by atoms with E-state index in [9.17, 15) is 21.2 Å². The molecule has 1 aliphatic rings. The molecule has 1 atom stereocenters. The van der Waals surface area contributed by atoms with Gasteiger partial charge in [0.1, 0.15) is 5.76 Å². The number of ether oxygens (including phenoxy) is 1. The molecule has 1 saturated heterocycles. The van der Waals surface area contributed by atoms with Crippen LogP contribution in [0.3, 0.4) is 0 Å². The van der Waals surface area contributed by atoms with Crippen LogP contribution in [-0.4, -0.2) is 45.8 Å². The minimum atomic E-state index is -4.22. The first kappa shape index (κ1) is 23.8. The van der Waals surface area contributed by atoms with Crippen LogP contribution in [0.15, 0.2) is 80.0 Å². The van der Waals surface area contributed by atoms with Crippen molar-refractivity contribution in [1.29, 1.82) is 0 Å². The van der Waals surface area contributed by atoms with E-state index in [2.05, 4.69) is 0 Å². The molecule has 0 radical (unpaired) electrons. The molecule has 4 rings (SSSR count). The summed E-state index contributed by atoms with van der Waals surface area (Å²) in [5, 5.41) is 0.572. The zero-order valence-electron chi connectivity index (χ0n) is 17.7. The van der Waals surface area contributed by atoms with Crippen molar-refractivity contribution in [1.82, 2.24) is 4.31 Å². The van der Waals surface area contributed by atoms with Gasteiger partial charge in [-0.25, -0.2) is 21.2 Å². The van der Waals surface area contributed by atoms with Crippen LogP contribution in [0.1, 0.15) is 12.2 Å². The van der Waals surface area contributed by atoms with Crippen LogP contribution < -0.4 is 4.74 Å². The molecule has 0 aliphatic carbocycles. The van der Waals surface area contributed by atoms with E-state index in [1.807, 2.05) is 30.3 Å². The molecule has 2 aromatic carbocycles. The van der Waals surface area contributed by atoms with Crippen molar-refractivity contribution in [3.8, 4) is 5.75 Å². The van der Waals surface area contributed by atoms with Gasteiger partial charge in [-0.1, -0.05) is 30.0 Å². The zero-order valence-corrected chi connectivity index (χ0v) is 20.1. The molecule has 1 fully saturated rings. The Balaban J connectivity index is 1.64. The first-order valence-electron chi connectivity index (χ1n) is 10.1. The summed E-state index contributed by atoms with van der Waals surface area (Å²) >= 11 is 1.38. The fourth-order valence-electron chi connectivity index (χ4n) is 3.61. The highest BCUT2D eigenvalue weighted by molar-refractivity contribution is 7.99. The summed E-state index contributed by atoms with van der Waals surface area (Å²) in [5.41, 5.74) is 0. The predicted octanol–water partition coefficient (Wildman–Crippen LogP) is 3.96. The Morgan fingerprint density at radius 1 is 1.15 bits per heavy atom. The summed E-state index contributed by atoms with van der Waals surface area (Å²) in [6, 6.07) is 15.5. The quantitative estimate of drug-likeness (QED) is 0.452. The summed E-state index contributed by atoms with van der Waals surface area (Å²) in [5.74, 6) is -0.949. The maximum atomic E-state index is 14.3. The van der Waals surface area contributed by atoms with Crippen LogP contribution in [0.4, 0.5) is 4.39 Å². The fraction of sp³-hybridized carbons (Fsp3) is 0.273. The number of furan rings is 1. The highest BCUT2D eigenvalue weighted by Crippen LogP contribution is 2.32. The van der Waals surface area contributed by atoms with Gasteiger partial charge in [0.05, 0.1) is 30.1 Å². The van der Waals surface area contributed by atoms with Crippen LogP contribution >= 0.6 is 11.8 Å². The Morgan fingerprint density at radius 3 is 2.55 bits per heavy atom. The average Bonchev–Trinajstić information content (AvgIpc) is 3.37. The molecule has 33 heavy (non-hydrogen) atoms. The van der Waals surface area contributed by atoms with E-state index >= 15 is 0 Å². The molecule has 1 aliphatic heterocycles. The molecule has 3 aromatic rings. The molecular formula is C22H22FNO6S3. The number of methoxy groups -OCH3 is 1. The van der Waals surface area contributed by atoms with Gasteiger partial charge in [0.2, 0.25) is 10.0 Å². The molecule has 7 nitrogen and oxygen atoms in total. The molecule has 0 spiro atoms. The Hall–Kier alpha value is -2.34. The van der Waals surface area contributed by atoms with Crippen molar-refractivity contribution in [3.05, 3.63) is 72.2 Å². The SMILES string of the molecule is COc1ccc(S(=O)(=O)N(Cc2ccc(Sc3ccccc3)o2)[C@@H]2CCS(=O)(=O)C2)cc1F. The first-order chi connectivity index (χ1) is 15.7. The van der Waals surface area contributed by atoms with E-state index in [-0.39, 0.29) is 35.1 Å². The second kappa shape index (κ2) is 9.49. The van der Waals surface area contributed by atoms with Gasteiger partial charge in [-0.2, -0.15) is 4.31 Å². The molecule has 11 heteroatoms. The Kier molecular flexibility index (Phi) is 6.85. The van der Waals surface area contributed by atoms with Crippen molar-refractivity contribution in [2.24, 2.45) is 0 Å². The number of sulfone groups is 1. The second-order valence-electron chi connectivity index (χ2n) is 7.54. The fourth-order valence-corrected chi connectivity index (χ4v) is 7.88. The number of nitrogens with zero attached hydrogens (tertiary/aromatic N) is 1. The lowest BCUT2D eigenvalue weighted by Gasteiger charge is -2.26. The number of benzene rings is 2. The number of halogens is 1. The van der Waals surface area contributed by atoms with Gasteiger partial charge >= 0.3 is 0 Å². The minimum absolute atomic E-state index is 0.0856. The molecule has 0 saturated carbocycles. The third-order valence-corrected chi connectivity index (χ3v) is 9.83. The van der Waals surface area contributed by atoms with Crippen molar-refractivity contribution < 1.29 is 30.4 Å². The number of hydrogen-bond donors (Lipinski definition) is 0. The Labute approximate surface area is 196 Å². The topological polar surface area (TPSA) is 93.9 Å². The molecule has 0 amide bonds. The first-order valence-corrected chi connectivity index (χ1v) is 14.1. The van der Waals surface area contributed by atoms with E-state index in [1.54, 1.807) is 12.1 Å². The summed E-state index contributed by atoms with van der Waals surface area (Å²) in [4.78, 5) is 0.675. The molecular weight excluding hydrogens is 489 g/mol. The minimum Gasteiger partial charge on any atom is -0.494 e. The van der Waals surface area contributed by atoms with Gasteiger partial charge in [0, 0.05) is 10.9 Å². The maximum absolute atomic E-state index is 14.3. The predicted molar refractivity (Wildman–Crippen MR) is 122 cm³/mol. The summed E-state index contributed by atoms with van der Waals surface area (Å²) in [6.07, 6.45) is 0.159. The van der Waals surface area contributed by atoms with Crippen LogP contribution in [0.5, 0.6) is 5.75 Å². The Morgan fingerprint density at radius 2 is 1.91 bits per heavy atom. The largest absolute Gasteiger partial charge is 0.494 e. The van der Waals surface area contributed by atoms with Crippen LogP contribution in [0.25, 0.3) is 0 Å². The van der Waals surface area contributed by atoms with Crippen molar-refractivity contribution in [2.45, 2.75) is 33.9 Å². The van der Waals surface area contributed by atoms with Gasteiger partial charge in [0.25, 0.3) is 0 Å². The highest BCUT2D eigenvalue weighted by atomic mass is 32.2. The average molecular weight is 512 g/mol. The Bertz CT molecular complexity index is 1340. The molecule has 1 aromatic heterocycles. The van der Waals surface area contributed by atoms with Gasteiger partial charge in [-0.3, -0.25) is 0 Å². The third kappa shape index (κ3) is 5.43. The van der Waals surface area contributed by atoms with Crippen LogP contribution in [0.2, 0.25) is 0 Å².